The Balaban J connectivity index is 2.20. The molecule has 118 valence electrons. The van der Waals surface area contributed by atoms with E-state index in [0.29, 0.717) is 18.8 Å². The molecule has 5 unspecified atom stereocenters. The van der Waals surface area contributed by atoms with Crippen molar-refractivity contribution in [2.75, 3.05) is 0 Å². The summed E-state index contributed by atoms with van der Waals surface area (Å²) in [6.07, 6.45) is -11.6. The quantitative estimate of drug-likeness (QED) is 0.760. The lowest BCUT2D eigenvalue weighted by Gasteiger charge is -2.39. The Morgan fingerprint density at radius 3 is 1.75 bits per heavy atom. The fourth-order valence-electron chi connectivity index (χ4n) is 4.10. The molecule has 0 aromatic heterocycles. The molecule has 2 aliphatic rings. The van der Waals surface area contributed by atoms with Crippen LogP contribution in [0.15, 0.2) is 0 Å². The summed E-state index contributed by atoms with van der Waals surface area (Å²) in [5, 5.41) is 9.28. The van der Waals surface area contributed by atoms with Crippen molar-refractivity contribution in [2.45, 2.75) is 51.1 Å². The molecule has 2 rings (SSSR count). The van der Waals surface area contributed by atoms with E-state index in [2.05, 4.69) is 0 Å². The van der Waals surface area contributed by atoms with Crippen molar-refractivity contribution in [3.8, 4) is 0 Å². The highest BCUT2D eigenvalue weighted by atomic mass is 19.4. The molecule has 2 fully saturated rings. The molecule has 7 heteroatoms. The molecule has 1 N–H and O–H groups in total. The first-order valence-electron chi connectivity index (χ1n) is 6.74. The van der Waals surface area contributed by atoms with E-state index in [0.717, 1.165) is 0 Å². The minimum Gasteiger partial charge on any atom is -0.374 e. The molecule has 20 heavy (non-hydrogen) atoms. The number of hydrogen-bond donors (Lipinski definition) is 1. The third-order valence-corrected chi connectivity index (χ3v) is 5.53. The number of rotatable bonds is 2. The van der Waals surface area contributed by atoms with E-state index in [4.69, 9.17) is 0 Å². The van der Waals surface area contributed by atoms with Crippen LogP contribution in [0.1, 0.15) is 33.1 Å². The molecule has 2 bridgehead atoms. The van der Waals surface area contributed by atoms with Gasteiger partial charge >= 0.3 is 12.4 Å². The Morgan fingerprint density at radius 1 is 0.900 bits per heavy atom. The maximum absolute atomic E-state index is 12.7. The molecule has 1 nitrogen and oxygen atoms in total. The second kappa shape index (κ2) is 4.52. The Bertz CT molecular complexity index is 358. The lowest BCUT2D eigenvalue weighted by molar-refractivity contribution is -0.373. The van der Waals surface area contributed by atoms with Crippen LogP contribution in [0.3, 0.4) is 0 Å². The van der Waals surface area contributed by atoms with Gasteiger partial charge in [-0.1, -0.05) is 13.8 Å². The summed E-state index contributed by atoms with van der Waals surface area (Å²) in [4.78, 5) is 0. The van der Waals surface area contributed by atoms with Crippen LogP contribution in [0, 0.1) is 29.6 Å². The van der Waals surface area contributed by atoms with Crippen molar-refractivity contribution >= 4 is 0 Å². The first-order valence-corrected chi connectivity index (χ1v) is 6.74. The van der Waals surface area contributed by atoms with Gasteiger partial charge in [0.25, 0.3) is 5.60 Å². The number of alkyl halides is 6. The van der Waals surface area contributed by atoms with Gasteiger partial charge < -0.3 is 5.11 Å². The van der Waals surface area contributed by atoms with Crippen molar-refractivity contribution in [3.05, 3.63) is 0 Å². The minimum atomic E-state index is -5.69. The molecule has 5 atom stereocenters. The van der Waals surface area contributed by atoms with E-state index < -0.39 is 30.3 Å². The molecule has 0 spiro atoms. The molecule has 2 saturated carbocycles. The van der Waals surface area contributed by atoms with Crippen LogP contribution >= 0.6 is 0 Å². The Morgan fingerprint density at radius 2 is 1.40 bits per heavy atom. The van der Waals surface area contributed by atoms with Gasteiger partial charge in [-0.3, -0.25) is 0 Å². The summed E-state index contributed by atoms with van der Waals surface area (Å²) in [5.41, 5.74) is -4.59. The first-order chi connectivity index (χ1) is 8.88. The number of hydrogen-bond acceptors (Lipinski definition) is 1. The molecular formula is C13H18F6O. The highest BCUT2D eigenvalue weighted by Crippen LogP contribution is 2.59. The van der Waals surface area contributed by atoms with Crippen LogP contribution in [0.25, 0.3) is 0 Å². The lowest BCUT2D eigenvalue weighted by atomic mass is 9.72. The summed E-state index contributed by atoms with van der Waals surface area (Å²) in [6.45, 7) is 3.87. The van der Waals surface area contributed by atoms with Crippen molar-refractivity contribution < 1.29 is 31.4 Å². The maximum Gasteiger partial charge on any atom is 0.426 e. The van der Waals surface area contributed by atoms with Crippen molar-refractivity contribution in [3.63, 3.8) is 0 Å². The van der Waals surface area contributed by atoms with Gasteiger partial charge in [-0.25, -0.2) is 0 Å². The van der Waals surface area contributed by atoms with Crippen LogP contribution < -0.4 is 0 Å². The Hall–Kier alpha value is -0.460. The van der Waals surface area contributed by atoms with Gasteiger partial charge in [0.2, 0.25) is 0 Å². The number of fused-ring (bicyclic) bond motifs is 2. The van der Waals surface area contributed by atoms with E-state index in [1.807, 2.05) is 13.8 Å². The highest BCUT2D eigenvalue weighted by Gasteiger charge is 2.71. The molecule has 0 amide bonds. The van der Waals surface area contributed by atoms with E-state index in [1.165, 1.54) is 0 Å². The monoisotopic (exact) mass is 304 g/mol. The third kappa shape index (κ3) is 2.22. The van der Waals surface area contributed by atoms with E-state index >= 15 is 0 Å². The van der Waals surface area contributed by atoms with Gasteiger partial charge in [-0.05, 0) is 48.9 Å². The molecule has 0 heterocycles. The van der Waals surface area contributed by atoms with Gasteiger partial charge in [-0.15, -0.1) is 0 Å². The van der Waals surface area contributed by atoms with Gasteiger partial charge in [0.1, 0.15) is 0 Å². The largest absolute Gasteiger partial charge is 0.426 e. The van der Waals surface area contributed by atoms with E-state index in [9.17, 15) is 31.4 Å². The van der Waals surface area contributed by atoms with Crippen LogP contribution in [-0.4, -0.2) is 23.1 Å². The molecular weight excluding hydrogens is 286 g/mol. The summed E-state index contributed by atoms with van der Waals surface area (Å²) < 4.78 is 76.2. The molecule has 0 aliphatic heterocycles. The third-order valence-electron chi connectivity index (χ3n) is 5.53. The summed E-state index contributed by atoms with van der Waals surface area (Å²) in [5.74, 6) is -0.220. The van der Waals surface area contributed by atoms with Crippen molar-refractivity contribution in [1.82, 2.24) is 0 Å². The standard InChI is InChI=1S/C13H18F6O/c1-6-7(2)10-4-8(6)3-9(10)5-11(20,12(14,15)16)13(17,18)19/h6-10,20H,3-5H2,1-2H3. The predicted octanol–water partition coefficient (Wildman–Crippen LogP) is 4.16. The molecule has 0 aromatic rings. The molecule has 0 radical (unpaired) electrons. The number of halogens is 6. The van der Waals surface area contributed by atoms with Crippen molar-refractivity contribution in [1.29, 1.82) is 0 Å². The zero-order valence-electron chi connectivity index (χ0n) is 11.2. The average molecular weight is 304 g/mol. The fourth-order valence-corrected chi connectivity index (χ4v) is 4.10. The number of aliphatic hydroxyl groups is 1. The van der Waals surface area contributed by atoms with Crippen molar-refractivity contribution in [2.24, 2.45) is 29.6 Å². The smallest absolute Gasteiger partial charge is 0.374 e. The normalized spacial score (nSPS) is 38.5. The molecule has 0 saturated heterocycles. The molecule has 2 aliphatic carbocycles. The van der Waals surface area contributed by atoms with Crippen LogP contribution in [-0.2, 0) is 0 Å². The second-order valence-electron chi connectivity index (χ2n) is 6.43. The Kier molecular flexibility index (Phi) is 3.59. The van der Waals surface area contributed by atoms with Crippen LogP contribution in [0.2, 0.25) is 0 Å². The second-order valence-corrected chi connectivity index (χ2v) is 6.43. The zero-order valence-corrected chi connectivity index (χ0v) is 11.2. The predicted molar refractivity (Wildman–Crippen MR) is 59.7 cm³/mol. The summed E-state index contributed by atoms with van der Waals surface area (Å²) in [6, 6.07) is 0. The topological polar surface area (TPSA) is 20.2 Å². The zero-order chi connectivity index (χ0) is 15.5. The van der Waals surface area contributed by atoms with Gasteiger partial charge in [0, 0.05) is 0 Å². The molecule has 0 aromatic carbocycles. The van der Waals surface area contributed by atoms with Gasteiger partial charge in [0.15, 0.2) is 0 Å². The van der Waals surface area contributed by atoms with E-state index in [-0.39, 0.29) is 17.8 Å². The highest BCUT2D eigenvalue weighted by molar-refractivity contribution is 5.03. The van der Waals surface area contributed by atoms with Crippen LogP contribution in [0.4, 0.5) is 26.3 Å². The first kappa shape index (κ1) is 15.9. The maximum atomic E-state index is 12.7. The van der Waals surface area contributed by atoms with E-state index in [1.54, 1.807) is 0 Å². The summed E-state index contributed by atoms with van der Waals surface area (Å²) in [7, 11) is 0. The average Bonchev–Trinajstić information content (AvgIpc) is 2.77. The summed E-state index contributed by atoms with van der Waals surface area (Å²) >= 11 is 0. The Labute approximate surface area is 113 Å². The fraction of sp³-hybridized carbons (Fsp3) is 1.00. The lowest BCUT2D eigenvalue weighted by Crippen LogP contribution is -2.58. The van der Waals surface area contributed by atoms with Crippen LogP contribution in [0.5, 0.6) is 0 Å². The van der Waals surface area contributed by atoms with Gasteiger partial charge in [-0.2, -0.15) is 26.3 Å². The SMILES string of the molecule is CC1C2CC(CC(O)(C(F)(F)F)C(F)(F)F)C(C2)C1C. The minimum absolute atomic E-state index is 0.115. The van der Waals surface area contributed by atoms with Gasteiger partial charge in [0.05, 0.1) is 0 Å².